The summed E-state index contributed by atoms with van der Waals surface area (Å²) in [5, 5.41) is 0. The molecule has 0 radical (unpaired) electrons. The Morgan fingerprint density at radius 1 is 1.12 bits per heavy atom. The summed E-state index contributed by atoms with van der Waals surface area (Å²) in [5.74, 6) is -0.426. The molecule has 2 atom stereocenters. The lowest BCUT2D eigenvalue weighted by atomic mass is 10.2. The maximum Gasteiger partial charge on any atom is 0.279 e. The average Bonchev–Trinajstić information content (AvgIpc) is 3.14. The molecule has 10 heteroatoms. The number of carbonyl (C=O) groups is 1. The second-order valence-electron chi connectivity index (χ2n) is 8.02. The van der Waals surface area contributed by atoms with E-state index in [4.69, 9.17) is 9.47 Å². The molecule has 2 heterocycles. The number of morpholine rings is 1. The number of thiazole rings is 1. The van der Waals surface area contributed by atoms with Crippen molar-refractivity contribution in [1.29, 1.82) is 0 Å². The van der Waals surface area contributed by atoms with E-state index in [-0.39, 0.29) is 17.1 Å². The Kier molecular flexibility index (Phi) is 7.10. The van der Waals surface area contributed by atoms with Crippen LogP contribution in [-0.4, -0.2) is 62.2 Å². The number of nitrogens with zero attached hydrogens (tertiary/aromatic N) is 3. The summed E-state index contributed by atoms with van der Waals surface area (Å²) in [6.45, 7) is 5.38. The molecule has 0 aliphatic carbocycles. The number of ether oxygens (including phenoxy) is 2. The van der Waals surface area contributed by atoms with Crippen molar-refractivity contribution in [3.05, 3.63) is 58.9 Å². The molecule has 4 rings (SSSR count). The molecule has 0 saturated carbocycles. The van der Waals surface area contributed by atoms with Gasteiger partial charge >= 0.3 is 0 Å². The SMILES string of the molecule is COCCn1c(=NC(=O)c2ccc(S(=O)(=O)N3CC(C)OC(C)C3)cc2)sc2ccccc21. The highest BCUT2D eigenvalue weighted by Gasteiger charge is 2.32. The number of hydrogen-bond acceptors (Lipinski definition) is 6. The Morgan fingerprint density at radius 2 is 1.79 bits per heavy atom. The number of benzene rings is 2. The van der Waals surface area contributed by atoms with Gasteiger partial charge in [-0.25, -0.2) is 8.42 Å². The monoisotopic (exact) mass is 489 g/mol. The first kappa shape index (κ1) is 23.8. The molecule has 2 unspecified atom stereocenters. The fourth-order valence-electron chi connectivity index (χ4n) is 3.90. The van der Waals surface area contributed by atoms with Crippen molar-refractivity contribution in [1.82, 2.24) is 8.87 Å². The van der Waals surface area contributed by atoms with Gasteiger partial charge < -0.3 is 14.0 Å². The summed E-state index contributed by atoms with van der Waals surface area (Å²) in [5.41, 5.74) is 1.31. The molecule has 0 bridgehead atoms. The summed E-state index contributed by atoms with van der Waals surface area (Å²) >= 11 is 1.43. The van der Waals surface area contributed by atoms with E-state index in [9.17, 15) is 13.2 Å². The van der Waals surface area contributed by atoms with Crippen molar-refractivity contribution in [3.8, 4) is 0 Å². The Labute approximate surface area is 197 Å². The Balaban J connectivity index is 1.61. The highest BCUT2D eigenvalue weighted by Crippen LogP contribution is 2.22. The fraction of sp³-hybridized carbons (Fsp3) is 0.391. The minimum absolute atomic E-state index is 0.150. The Morgan fingerprint density at radius 3 is 2.45 bits per heavy atom. The summed E-state index contributed by atoms with van der Waals surface area (Å²) in [6, 6.07) is 13.8. The van der Waals surface area contributed by atoms with E-state index >= 15 is 0 Å². The van der Waals surface area contributed by atoms with Crippen molar-refractivity contribution >= 4 is 37.5 Å². The van der Waals surface area contributed by atoms with Crippen molar-refractivity contribution in [2.45, 2.75) is 37.5 Å². The number of sulfonamides is 1. The van der Waals surface area contributed by atoms with Gasteiger partial charge in [-0.2, -0.15) is 9.30 Å². The van der Waals surface area contributed by atoms with Crippen LogP contribution in [0.5, 0.6) is 0 Å². The minimum atomic E-state index is -3.67. The first-order valence-corrected chi connectivity index (χ1v) is 13.0. The number of methoxy groups -OCH3 is 1. The lowest BCUT2D eigenvalue weighted by Gasteiger charge is -2.34. The van der Waals surface area contributed by atoms with Gasteiger partial charge in [0.15, 0.2) is 4.80 Å². The van der Waals surface area contributed by atoms with Gasteiger partial charge in [-0.1, -0.05) is 23.5 Å². The van der Waals surface area contributed by atoms with E-state index in [2.05, 4.69) is 4.99 Å². The molecular formula is C23H27N3O5S2. The predicted octanol–water partition coefficient (Wildman–Crippen LogP) is 2.89. The molecule has 2 aromatic carbocycles. The third-order valence-corrected chi connectivity index (χ3v) is 8.33. The molecule has 33 heavy (non-hydrogen) atoms. The molecule has 1 fully saturated rings. The van der Waals surface area contributed by atoms with Crippen LogP contribution in [0.4, 0.5) is 0 Å². The number of fused-ring (bicyclic) bond motifs is 1. The topological polar surface area (TPSA) is 90.2 Å². The number of rotatable bonds is 6. The number of amides is 1. The van der Waals surface area contributed by atoms with Gasteiger partial charge in [-0.05, 0) is 50.2 Å². The smallest absolute Gasteiger partial charge is 0.279 e. The van der Waals surface area contributed by atoms with E-state index in [1.807, 2.05) is 42.7 Å². The van der Waals surface area contributed by atoms with Crippen LogP contribution in [0.2, 0.25) is 0 Å². The third-order valence-electron chi connectivity index (χ3n) is 5.43. The molecule has 1 aliphatic heterocycles. The molecule has 0 N–H and O–H groups in total. The molecule has 1 amide bonds. The first-order chi connectivity index (χ1) is 15.8. The molecular weight excluding hydrogens is 462 g/mol. The zero-order chi connectivity index (χ0) is 23.6. The van der Waals surface area contributed by atoms with Crippen molar-refractivity contribution < 1.29 is 22.7 Å². The summed E-state index contributed by atoms with van der Waals surface area (Å²) in [7, 11) is -2.04. The summed E-state index contributed by atoms with van der Waals surface area (Å²) in [4.78, 5) is 17.9. The van der Waals surface area contributed by atoms with Crippen molar-refractivity contribution in [3.63, 3.8) is 0 Å². The van der Waals surface area contributed by atoms with Crippen LogP contribution in [0.25, 0.3) is 10.2 Å². The Bertz CT molecular complexity index is 1300. The average molecular weight is 490 g/mol. The number of para-hydroxylation sites is 1. The fourth-order valence-corrected chi connectivity index (χ4v) is 6.55. The molecule has 176 valence electrons. The van der Waals surface area contributed by atoms with Crippen LogP contribution in [-0.2, 0) is 26.0 Å². The van der Waals surface area contributed by atoms with Crippen LogP contribution in [0.15, 0.2) is 58.4 Å². The second-order valence-corrected chi connectivity index (χ2v) is 11.0. The van der Waals surface area contributed by atoms with E-state index in [0.29, 0.717) is 36.6 Å². The van der Waals surface area contributed by atoms with Crippen LogP contribution in [0, 0.1) is 0 Å². The quantitative estimate of drug-likeness (QED) is 0.531. The predicted molar refractivity (Wildman–Crippen MR) is 127 cm³/mol. The van der Waals surface area contributed by atoms with E-state index < -0.39 is 15.9 Å². The van der Waals surface area contributed by atoms with Crippen LogP contribution in [0.3, 0.4) is 0 Å². The molecule has 1 saturated heterocycles. The Hall–Kier alpha value is -2.37. The highest BCUT2D eigenvalue weighted by atomic mass is 32.2. The third kappa shape index (κ3) is 5.10. The van der Waals surface area contributed by atoms with Gasteiger partial charge in [-0.15, -0.1) is 0 Å². The lowest BCUT2D eigenvalue weighted by molar-refractivity contribution is -0.0440. The van der Waals surface area contributed by atoms with Crippen LogP contribution >= 0.6 is 11.3 Å². The summed E-state index contributed by atoms with van der Waals surface area (Å²) < 4.78 is 41.3. The van der Waals surface area contributed by atoms with Gasteiger partial charge in [0.05, 0.1) is 33.9 Å². The molecule has 0 spiro atoms. The zero-order valence-electron chi connectivity index (χ0n) is 18.8. The van der Waals surface area contributed by atoms with Crippen molar-refractivity contribution in [2.75, 3.05) is 26.8 Å². The van der Waals surface area contributed by atoms with Gasteiger partial charge in [0, 0.05) is 32.3 Å². The maximum atomic E-state index is 13.0. The summed E-state index contributed by atoms with van der Waals surface area (Å²) in [6.07, 6.45) is -0.344. The van der Waals surface area contributed by atoms with Gasteiger partial charge in [0.2, 0.25) is 10.0 Å². The molecule has 8 nitrogen and oxygen atoms in total. The van der Waals surface area contributed by atoms with Crippen LogP contribution in [0.1, 0.15) is 24.2 Å². The number of hydrogen-bond donors (Lipinski definition) is 0. The lowest BCUT2D eigenvalue weighted by Crippen LogP contribution is -2.48. The van der Waals surface area contributed by atoms with Crippen molar-refractivity contribution in [2.24, 2.45) is 4.99 Å². The first-order valence-electron chi connectivity index (χ1n) is 10.7. The highest BCUT2D eigenvalue weighted by molar-refractivity contribution is 7.89. The van der Waals surface area contributed by atoms with E-state index in [0.717, 1.165) is 10.2 Å². The normalized spacial score (nSPS) is 20.4. The van der Waals surface area contributed by atoms with Crippen LogP contribution < -0.4 is 4.80 Å². The minimum Gasteiger partial charge on any atom is -0.383 e. The zero-order valence-corrected chi connectivity index (χ0v) is 20.4. The van der Waals surface area contributed by atoms with Gasteiger partial charge in [0.1, 0.15) is 0 Å². The number of aromatic nitrogens is 1. The molecule has 1 aromatic heterocycles. The van der Waals surface area contributed by atoms with E-state index in [1.165, 1.54) is 39.9 Å². The van der Waals surface area contributed by atoms with Gasteiger partial charge in [0.25, 0.3) is 5.91 Å². The largest absolute Gasteiger partial charge is 0.383 e. The van der Waals surface area contributed by atoms with Gasteiger partial charge in [-0.3, -0.25) is 4.79 Å². The molecule has 3 aromatic rings. The molecule has 1 aliphatic rings. The second kappa shape index (κ2) is 9.86. The standard InChI is InChI=1S/C23H27N3O5S2/c1-16-14-25(15-17(2)31-16)33(28,29)19-10-8-18(9-11-19)22(27)24-23-26(12-13-30-3)20-6-4-5-7-21(20)32-23/h4-11,16-17H,12-15H2,1-3H3. The maximum absolute atomic E-state index is 13.0. The van der Waals surface area contributed by atoms with E-state index in [1.54, 1.807) is 7.11 Å². The number of carbonyl (C=O) groups excluding carboxylic acids is 1.